The third kappa shape index (κ3) is 3.14. The maximum absolute atomic E-state index is 6.19. The van der Waals surface area contributed by atoms with Crippen LogP contribution in [0.5, 0.6) is 0 Å². The quantitative estimate of drug-likeness (QED) is 0.829. The van der Waals surface area contributed by atoms with Crippen LogP contribution in [0.3, 0.4) is 0 Å². The van der Waals surface area contributed by atoms with Crippen LogP contribution in [0.2, 0.25) is 0 Å². The number of rotatable bonds is 5. The number of likely N-dealkylation sites (N-methyl/N-ethyl adjacent to an activating group) is 1. The fourth-order valence-electron chi connectivity index (χ4n) is 4.16. The molecule has 0 aromatic heterocycles. The van der Waals surface area contributed by atoms with Crippen molar-refractivity contribution in [2.24, 2.45) is 11.7 Å². The van der Waals surface area contributed by atoms with Crippen LogP contribution >= 0.6 is 0 Å². The second-order valence-electron chi connectivity index (χ2n) is 6.72. The topological polar surface area (TPSA) is 32.5 Å². The Morgan fingerprint density at radius 1 is 1.16 bits per heavy atom. The molecule has 0 aromatic rings. The van der Waals surface area contributed by atoms with Crippen molar-refractivity contribution < 1.29 is 0 Å². The van der Waals surface area contributed by atoms with E-state index in [4.69, 9.17) is 5.73 Å². The van der Waals surface area contributed by atoms with Gasteiger partial charge in [0.1, 0.15) is 0 Å². The molecule has 2 fully saturated rings. The molecule has 0 amide bonds. The minimum atomic E-state index is 0.328. The van der Waals surface area contributed by atoms with Crippen molar-refractivity contribution in [1.82, 2.24) is 9.80 Å². The van der Waals surface area contributed by atoms with Crippen molar-refractivity contribution in [3.63, 3.8) is 0 Å². The van der Waals surface area contributed by atoms with Gasteiger partial charge in [-0.05, 0) is 51.1 Å². The molecule has 2 aliphatic rings. The highest BCUT2D eigenvalue weighted by Crippen LogP contribution is 2.38. The summed E-state index contributed by atoms with van der Waals surface area (Å²) in [5, 5.41) is 0. The lowest BCUT2D eigenvalue weighted by molar-refractivity contribution is 0.0581. The third-order valence-electron chi connectivity index (χ3n) is 5.75. The molecule has 2 N–H and O–H groups in total. The molecule has 112 valence electrons. The maximum Gasteiger partial charge on any atom is 0.0332 e. The maximum atomic E-state index is 6.19. The standard InChI is InChI=1S/C16H33N3/c1-4-18(5-2)15-8-11-19(12-15)16(13-17)9-6-14(3)7-10-16/h14-15H,4-13,17H2,1-3H3. The van der Waals surface area contributed by atoms with Gasteiger partial charge in [0.05, 0.1) is 0 Å². The Morgan fingerprint density at radius 3 is 2.32 bits per heavy atom. The van der Waals surface area contributed by atoms with Gasteiger partial charge in [0.2, 0.25) is 0 Å². The molecule has 1 aliphatic carbocycles. The van der Waals surface area contributed by atoms with Gasteiger partial charge in [-0.15, -0.1) is 0 Å². The van der Waals surface area contributed by atoms with Crippen LogP contribution in [0.1, 0.15) is 52.9 Å². The summed E-state index contributed by atoms with van der Waals surface area (Å²) in [6, 6.07) is 0.762. The number of nitrogens with zero attached hydrogens (tertiary/aromatic N) is 2. The molecule has 0 radical (unpaired) electrons. The minimum absolute atomic E-state index is 0.328. The first-order valence-electron chi connectivity index (χ1n) is 8.34. The van der Waals surface area contributed by atoms with E-state index >= 15 is 0 Å². The Kier molecular flexibility index (Phi) is 5.27. The van der Waals surface area contributed by atoms with Crippen molar-refractivity contribution in [2.75, 3.05) is 32.7 Å². The zero-order valence-electron chi connectivity index (χ0n) is 13.2. The Hall–Kier alpha value is -0.120. The van der Waals surface area contributed by atoms with Gasteiger partial charge in [0.15, 0.2) is 0 Å². The molecule has 1 heterocycles. The van der Waals surface area contributed by atoms with Crippen LogP contribution < -0.4 is 5.73 Å². The van der Waals surface area contributed by atoms with Crippen molar-refractivity contribution in [3.8, 4) is 0 Å². The molecule has 0 bridgehead atoms. The lowest BCUT2D eigenvalue weighted by Gasteiger charge is -2.46. The van der Waals surface area contributed by atoms with Gasteiger partial charge in [0, 0.05) is 31.2 Å². The number of nitrogens with two attached hydrogens (primary N) is 1. The molecule has 3 heteroatoms. The number of likely N-dealkylation sites (tertiary alicyclic amines) is 1. The summed E-state index contributed by atoms with van der Waals surface area (Å²) in [5.74, 6) is 0.904. The molecule has 1 aliphatic heterocycles. The van der Waals surface area contributed by atoms with E-state index < -0.39 is 0 Å². The first-order chi connectivity index (χ1) is 9.15. The van der Waals surface area contributed by atoms with Gasteiger partial charge in [-0.1, -0.05) is 20.8 Å². The lowest BCUT2D eigenvalue weighted by atomic mass is 9.76. The van der Waals surface area contributed by atoms with Crippen molar-refractivity contribution in [2.45, 2.75) is 64.5 Å². The smallest absolute Gasteiger partial charge is 0.0332 e. The normalized spacial score (nSPS) is 37.1. The van der Waals surface area contributed by atoms with Crippen molar-refractivity contribution in [3.05, 3.63) is 0 Å². The highest BCUT2D eigenvalue weighted by Gasteiger charge is 2.42. The number of hydrogen-bond donors (Lipinski definition) is 1. The van der Waals surface area contributed by atoms with Crippen LogP contribution in [-0.2, 0) is 0 Å². The predicted octanol–water partition coefficient (Wildman–Crippen LogP) is 2.31. The first-order valence-corrected chi connectivity index (χ1v) is 8.34. The van der Waals surface area contributed by atoms with Gasteiger partial charge in [0.25, 0.3) is 0 Å². The molecule has 2 rings (SSSR count). The first kappa shape index (κ1) is 15.3. The number of hydrogen-bond acceptors (Lipinski definition) is 3. The summed E-state index contributed by atoms with van der Waals surface area (Å²) in [7, 11) is 0. The van der Waals surface area contributed by atoms with E-state index in [1.165, 1.54) is 58.3 Å². The highest BCUT2D eigenvalue weighted by molar-refractivity contribution is 4.99. The van der Waals surface area contributed by atoms with Gasteiger partial charge in [-0.3, -0.25) is 9.80 Å². The van der Waals surface area contributed by atoms with Crippen LogP contribution in [0.25, 0.3) is 0 Å². The lowest BCUT2D eigenvalue weighted by Crippen LogP contribution is -2.55. The molecule has 0 aromatic carbocycles. The monoisotopic (exact) mass is 267 g/mol. The largest absolute Gasteiger partial charge is 0.329 e. The SMILES string of the molecule is CCN(CC)C1CCN(C2(CN)CCC(C)CC2)C1. The van der Waals surface area contributed by atoms with Gasteiger partial charge in [-0.2, -0.15) is 0 Å². The van der Waals surface area contributed by atoms with Gasteiger partial charge in [-0.25, -0.2) is 0 Å². The Balaban J connectivity index is 1.98. The molecular weight excluding hydrogens is 234 g/mol. The molecule has 0 spiro atoms. The predicted molar refractivity (Wildman–Crippen MR) is 82.3 cm³/mol. The summed E-state index contributed by atoms with van der Waals surface area (Å²) >= 11 is 0. The molecule has 19 heavy (non-hydrogen) atoms. The van der Waals surface area contributed by atoms with Crippen molar-refractivity contribution in [1.29, 1.82) is 0 Å². The fraction of sp³-hybridized carbons (Fsp3) is 1.00. The van der Waals surface area contributed by atoms with Crippen LogP contribution in [-0.4, -0.2) is 54.1 Å². The van der Waals surface area contributed by atoms with Gasteiger partial charge >= 0.3 is 0 Å². The summed E-state index contributed by atoms with van der Waals surface area (Å²) in [5.41, 5.74) is 6.52. The molecule has 3 nitrogen and oxygen atoms in total. The fourth-order valence-corrected chi connectivity index (χ4v) is 4.16. The summed E-state index contributed by atoms with van der Waals surface area (Å²) in [6.07, 6.45) is 6.69. The average molecular weight is 267 g/mol. The van der Waals surface area contributed by atoms with Crippen LogP contribution in [0, 0.1) is 5.92 Å². The molecule has 1 atom stereocenters. The van der Waals surface area contributed by atoms with E-state index in [2.05, 4.69) is 30.6 Å². The minimum Gasteiger partial charge on any atom is -0.329 e. The average Bonchev–Trinajstić information content (AvgIpc) is 2.92. The highest BCUT2D eigenvalue weighted by atomic mass is 15.3. The Labute approximate surface area is 119 Å². The zero-order valence-corrected chi connectivity index (χ0v) is 13.2. The van der Waals surface area contributed by atoms with Crippen LogP contribution in [0.15, 0.2) is 0 Å². The van der Waals surface area contributed by atoms with Crippen molar-refractivity contribution >= 4 is 0 Å². The molecule has 1 unspecified atom stereocenters. The van der Waals surface area contributed by atoms with E-state index in [1.54, 1.807) is 0 Å². The van der Waals surface area contributed by atoms with Crippen LogP contribution in [0.4, 0.5) is 0 Å². The zero-order chi connectivity index (χ0) is 13.9. The van der Waals surface area contributed by atoms with E-state index in [0.29, 0.717) is 5.54 Å². The van der Waals surface area contributed by atoms with Gasteiger partial charge < -0.3 is 5.73 Å². The Morgan fingerprint density at radius 2 is 1.79 bits per heavy atom. The Bertz CT molecular complexity index is 267. The second kappa shape index (κ2) is 6.55. The molecule has 1 saturated carbocycles. The summed E-state index contributed by atoms with van der Waals surface area (Å²) in [4.78, 5) is 5.36. The molecule has 1 saturated heterocycles. The summed E-state index contributed by atoms with van der Waals surface area (Å²) < 4.78 is 0. The molecular formula is C16H33N3. The third-order valence-corrected chi connectivity index (χ3v) is 5.75. The van der Waals surface area contributed by atoms with E-state index in [1.807, 2.05) is 0 Å². The second-order valence-corrected chi connectivity index (χ2v) is 6.72. The van der Waals surface area contributed by atoms with E-state index in [9.17, 15) is 0 Å². The van der Waals surface area contributed by atoms with E-state index in [0.717, 1.165) is 18.5 Å². The summed E-state index contributed by atoms with van der Waals surface area (Å²) in [6.45, 7) is 12.7. The van der Waals surface area contributed by atoms with E-state index in [-0.39, 0.29) is 0 Å².